The van der Waals surface area contributed by atoms with Gasteiger partial charge in [0.25, 0.3) is 0 Å². The van der Waals surface area contributed by atoms with Crippen molar-refractivity contribution in [2.75, 3.05) is 12.3 Å². The number of benzene rings is 1. The topological polar surface area (TPSA) is 57.4 Å². The van der Waals surface area contributed by atoms with E-state index in [4.69, 9.17) is 15.2 Å². The van der Waals surface area contributed by atoms with Crippen molar-refractivity contribution in [2.24, 2.45) is 0 Å². The molecule has 1 saturated carbocycles. The average molecular weight is 310 g/mol. The summed E-state index contributed by atoms with van der Waals surface area (Å²) in [5.41, 5.74) is 9.68. The number of fused-ring (bicyclic) bond motifs is 2. The summed E-state index contributed by atoms with van der Waals surface area (Å²) < 4.78 is 12.3. The summed E-state index contributed by atoms with van der Waals surface area (Å²) in [6.45, 7) is 5.15. The molecule has 2 aliphatic rings. The Kier molecular flexibility index (Phi) is 3.22. The molecule has 2 aromatic rings. The zero-order chi connectivity index (χ0) is 16.0. The minimum absolute atomic E-state index is 0.182. The third-order valence-electron chi connectivity index (χ3n) is 4.98. The Morgan fingerprint density at radius 3 is 2.83 bits per heavy atom. The molecule has 0 unspecified atom stereocenters. The van der Waals surface area contributed by atoms with Gasteiger partial charge in [0.15, 0.2) is 0 Å². The highest BCUT2D eigenvalue weighted by Gasteiger charge is 2.53. The van der Waals surface area contributed by atoms with Crippen molar-refractivity contribution in [3.63, 3.8) is 0 Å². The number of ether oxygens (including phenoxy) is 2. The molecule has 0 atom stereocenters. The first-order valence-electron chi connectivity index (χ1n) is 8.32. The number of anilines is 1. The zero-order valence-electron chi connectivity index (χ0n) is 13.7. The van der Waals surface area contributed by atoms with Gasteiger partial charge >= 0.3 is 0 Å². The molecule has 1 aliphatic heterocycles. The Labute approximate surface area is 136 Å². The van der Waals surface area contributed by atoms with Gasteiger partial charge in [-0.3, -0.25) is 0 Å². The lowest BCUT2D eigenvalue weighted by atomic mass is 9.92. The van der Waals surface area contributed by atoms with Gasteiger partial charge in [0.2, 0.25) is 0 Å². The van der Waals surface area contributed by atoms with E-state index in [9.17, 15) is 0 Å². The third-order valence-corrected chi connectivity index (χ3v) is 4.98. The van der Waals surface area contributed by atoms with Gasteiger partial charge in [0, 0.05) is 11.0 Å². The van der Waals surface area contributed by atoms with Crippen molar-refractivity contribution in [3.8, 4) is 17.2 Å². The second-order valence-corrected chi connectivity index (χ2v) is 6.70. The molecule has 1 spiro atoms. The fraction of sp³-hybridized carbons (Fsp3) is 0.421. The van der Waals surface area contributed by atoms with Gasteiger partial charge in [-0.2, -0.15) is 0 Å². The number of nitrogens with two attached hydrogens (primary N) is 1. The Morgan fingerprint density at radius 2 is 2.17 bits per heavy atom. The molecule has 1 aromatic carbocycles. The highest BCUT2D eigenvalue weighted by Crippen LogP contribution is 2.60. The van der Waals surface area contributed by atoms with Crippen molar-refractivity contribution in [1.29, 1.82) is 0 Å². The van der Waals surface area contributed by atoms with Gasteiger partial charge in [0.05, 0.1) is 12.8 Å². The van der Waals surface area contributed by atoms with Crippen LogP contribution in [-0.2, 0) is 11.8 Å². The Hall–Kier alpha value is -2.23. The fourth-order valence-electron chi connectivity index (χ4n) is 3.48. The second kappa shape index (κ2) is 5.15. The van der Waals surface area contributed by atoms with Gasteiger partial charge in [0.1, 0.15) is 23.1 Å². The van der Waals surface area contributed by atoms with Crippen LogP contribution in [0.1, 0.15) is 42.9 Å². The van der Waals surface area contributed by atoms with E-state index in [1.807, 2.05) is 6.07 Å². The largest absolute Gasteiger partial charge is 0.492 e. The smallest absolute Gasteiger partial charge is 0.145 e. The van der Waals surface area contributed by atoms with Crippen LogP contribution in [0.2, 0.25) is 0 Å². The van der Waals surface area contributed by atoms with E-state index in [1.54, 1.807) is 12.3 Å². The van der Waals surface area contributed by atoms with Crippen LogP contribution >= 0.6 is 0 Å². The minimum atomic E-state index is 0.182. The lowest BCUT2D eigenvalue weighted by Gasteiger charge is -2.17. The predicted octanol–water partition coefficient (Wildman–Crippen LogP) is 4.14. The second-order valence-electron chi connectivity index (χ2n) is 6.70. The normalized spacial score (nSPS) is 17.0. The molecular weight excluding hydrogens is 288 g/mol. The number of rotatable bonds is 4. The Morgan fingerprint density at radius 1 is 1.35 bits per heavy atom. The average Bonchev–Trinajstić information content (AvgIpc) is 3.21. The summed E-state index contributed by atoms with van der Waals surface area (Å²) in [7, 11) is 0. The van der Waals surface area contributed by atoms with E-state index in [0.29, 0.717) is 5.82 Å². The van der Waals surface area contributed by atoms with E-state index in [0.717, 1.165) is 36.7 Å². The van der Waals surface area contributed by atoms with Crippen LogP contribution in [0.4, 0.5) is 5.82 Å². The van der Waals surface area contributed by atoms with Crippen LogP contribution in [0.15, 0.2) is 24.4 Å². The molecule has 4 heteroatoms. The number of nitrogen functional groups attached to an aromatic ring is 1. The number of aryl methyl sites for hydroxylation is 1. The Bertz CT molecular complexity index is 749. The van der Waals surface area contributed by atoms with Crippen LogP contribution in [0.3, 0.4) is 0 Å². The van der Waals surface area contributed by atoms with Crippen LogP contribution in [0.5, 0.6) is 17.2 Å². The van der Waals surface area contributed by atoms with Crippen molar-refractivity contribution < 1.29 is 9.47 Å². The first-order chi connectivity index (χ1) is 11.1. The quantitative estimate of drug-likeness (QED) is 0.922. The summed E-state index contributed by atoms with van der Waals surface area (Å²) in [5.74, 6) is 3.19. The van der Waals surface area contributed by atoms with Crippen LogP contribution in [0, 0.1) is 6.92 Å². The van der Waals surface area contributed by atoms with Gasteiger partial charge in [-0.25, -0.2) is 4.98 Å². The lowest BCUT2D eigenvalue weighted by Crippen LogP contribution is -2.08. The van der Waals surface area contributed by atoms with Gasteiger partial charge in [-0.1, -0.05) is 13.3 Å². The molecular formula is C19H22N2O2. The number of nitrogens with zero attached hydrogens (tertiary/aromatic N) is 1. The Balaban J connectivity index is 1.80. The van der Waals surface area contributed by atoms with Gasteiger partial charge < -0.3 is 15.2 Å². The first-order valence-corrected chi connectivity index (χ1v) is 8.32. The molecule has 4 nitrogen and oxygen atoms in total. The predicted molar refractivity (Wildman–Crippen MR) is 90.3 cm³/mol. The van der Waals surface area contributed by atoms with Crippen LogP contribution in [0.25, 0.3) is 0 Å². The van der Waals surface area contributed by atoms with Crippen molar-refractivity contribution in [1.82, 2.24) is 4.98 Å². The third kappa shape index (κ3) is 2.33. The molecule has 1 fully saturated rings. The van der Waals surface area contributed by atoms with E-state index in [1.165, 1.54) is 29.5 Å². The summed E-state index contributed by atoms with van der Waals surface area (Å²) in [5, 5.41) is 0. The highest BCUT2D eigenvalue weighted by atomic mass is 16.5. The summed E-state index contributed by atoms with van der Waals surface area (Å²) in [6.07, 6.45) is 6.18. The molecule has 23 heavy (non-hydrogen) atoms. The number of hydrogen-bond acceptors (Lipinski definition) is 4. The zero-order valence-corrected chi connectivity index (χ0v) is 13.7. The number of hydrogen-bond donors (Lipinski definition) is 1. The maximum absolute atomic E-state index is 6.20. The van der Waals surface area contributed by atoms with E-state index in [2.05, 4.69) is 24.9 Å². The standard InChI is InChI=1S/C19H22N2O2/c1-3-4-13-9-15(23-14-5-6-16(20)21-10-14)17-18(12(13)2)22-11-19(17)7-8-19/h5-6,9-10H,3-4,7-8,11H2,1-2H3,(H2,20,21). The van der Waals surface area contributed by atoms with Crippen molar-refractivity contribution >= 4 is 5.82 Å². The number of pyridine rings is 1. The number of aromatic nitrogens is 1. The summed E-state index contributed by atoms with van der Waals surface area (Å²) in [6, 6.07) is 5.83. The first kappa shape index (κ1) is 14.4. The summed E-state index contributed by atoms with van der Waals surface area (Å²) in [4.78, 5) is 4.12. The maximum atomic E-state index is 6.20. The monoisotopic (exact) mass is 310 g/mol. The van der Waals surface area contributed by atoms with E-state index in [-0.39, 0.29) is 5.41 Å². The minimum Gasteiger partial charge on any atom is -0.492 e. The van der Waals surface area contributed by atoms with Gasteiger partial charge in [-0.15, -0.1) is 0 Å². The maximum Gasteiger partial charge on any atom is 0.145 e. The van der Waals surface area contributed by atoms with Crippen molar-refractivity contribution in [3.05, 3.63) is 41.1 Å². The fourth-order valence-corrected chi connectivity index (χ4v) is 3.48. The van der Waals surface area contributed by atoms with Crippen LogP contribution < -0.4 is 15.2 Å². The SMILES string of the molecule is CCCc1cc(Oc2ccc(N)nc2)c2c(c1C)OCC21CC1. The van der Waals surface area contributed by atoms with Crippen molar-refractivity contribution in [2.45, 2.75) is 44.9 Å². The lowest BCUT2D eigenvalue weighted by molar-refractivity contribution is 0.321. The molecule has 2 N–H and O–H groups in total. The van der Waals surface area contributed by atoms with E-state index < -0.39 is 0 Å². The van der Waals surface area contributed by atoms with Gasteiger partial charge in [-0.05, 0) is 55.5 Å². The summed E-state index contributed by atoms with van der Waals surface area (Å²) >= 11 is 0. The molecule has 1 aliphatic carbocycles. The molecule has 4 rings (SSSR count). The molecule has 2 heterocycles. The molecule has 0 amide bonds. The molecule has 0 bridgehead atoms. The van der Waals surface area contributed by atoms with E-state index >= 15 is 0 Å². The molecule has 0 radical (unpaired) electrons. The molecule has 120 valence electrons. The molecule has 1 aromatic heterocycles. The highest BCUT2D eigenvalue weighted by molar-refractivity contribution is 5.62. The molecule has 0 saturated heterocycles. The van der Waals surface area contributed by atoms with Crippen LogP contribution in [-0.4, -0.2) is 11.6 Å².